The SMILES string of the molecule is CN1CCC(N(C)S(=O)(=O)c2cccnc2NN)CC1. The minimum atomic E-state index is -3.59. The number of nitrogens with two attached hydrogens (primary N) is 1. The van der Waals surface area contributed by atoms with Crippen LogP contribution in [0.4, 0.5) is 5.82 Å². The minimum absolute atomic E-state index is 0.0158. The van der Waals surface area contributed by atoms with Crippen LogP contribution >= 0.6 is 0 Å². The van der Waals surface area contributed by atoms with Gasteiger partial charge in [-0.2, -0.15) is 4.31 Å². The molecule has 1 aliphatic rings. The first-order chi connectivity index (χ1) is 9.46. The van der Waals surface area contributed by atoms with Crippen molar-refractivity contribution in [2.75, 3.05) is 32.6 Å². The van der Waals surface area contributed by atoms with Gasteiger partial charge in [-0.15, -0.1) is 0 Å². The van der Waals surface area contributed by atoms with Crippen LogP contribution in [0.1, 0.15) is 12.8 Å². The summed E-state index contributed by atoms with van der Waals surface area (Å²) < 4.78 is 26.8. The normalized spacial score (nSPS) is 18.4. The molecule has 1 fully saturated rings. The molecular formula is C12H21N5O2S. The van der Waals surface area contributed by atoms with Gasteiger partial charge in [0.1, 0.15) is 4.90 Å². The van der Waals surface area contributed by atoms with Gasteiger partial charge < -0.3 is 10.3 Å². The summed E-state index contributed by atoms with van der Waals surface area (Å²) in [5.74, 6) is 5.52. The number of hydrogen-bond donors (Lipinski definition) is 2. The summed E-state index contributed by atoms with van der Waals surface area (Å²) in [4.78, 5) is 6.27. The van der Waals surface area contributed by atoms with E-state index in [0.29, 0.717) is 0 Å². The summed E-state index contributed by atoms with van der Waals surface area (Å²) in [5.41, 5.74) is 2.34. The molecular weight excluding hydrogens is 278 g/mol. The second-order valence-electron chi connectivity index (χ2n) is 5.05. The van der Waals surface area contributed by atoms with Gasteiger partial charge in [0.05, 0.1) is 0 Å². The first kappa shape index (κ1) is 15.2. The quantitative estimate of drug-likeness (QED) is 0.604. The molecule has 0 aromatic carbocycles. The van der Waals surface area contributed by atoms with Gasteiger partial charge in [-0.1, -0.05) is 0 Å². The van der Waals surface area contributed by atoms with E-state index in [0.717, 1.165) is 25.9 Å². The van der Waals surface area contributed by atoms with E-state index in [-0.39, 0.29) is 16.8 Å². The average molecular weight is 299 g/mol. The number of nitrogens with one attached hydrogen (secondary N) is 1. The smallest absolute Gasteiger partial charge is 0.246 e. The fourth-order valence-corrected chi connectivity index (χ4v) is 3.94. The van der Waals surface area contributed by atoms with E-state index in [1.54, 1.807) is 13.1 Å². The molecule has 0 bridgehead atoms. The lowest BCUT2D eigenvalue weighted by Crippen LogP contribution is -2.44. The molecule has 0 atom stereocenters. The number of likely N-dealkylation sites (tertiary alicyclic amines) is 1. The number of aromatic nitrogens is 1. The van der Waals surface area contributed by atoms with Gasteiger partial charge in [0.15, 0.2) is 5.82 Å². The first-order valence-electron chi connectivity index (χ1n) is 6.55. The summed E-state index contributed by atoms with van der Waals surface area (Å²) in [6.45, 7) is 1.80. The molecule has 1 aromatic rings. The maximum absolute atomic E-state index is 12.7. The summed E-state index contributed by atoms with van der Waals surface area (Å²) in [6.07, 6.45) is 3.17. The van der Waals surface area contributed by atoms with Crippen molar-refractivity contribution in [1.82, 2.24) is 14.2 Å². The van der Waals surface area contributed by atoms with E-state index in [9.17, 15) is 8.42 Å². The monoisotopic (exact) mass is 299 g/mol. The molecule has 0 aliphatic carbocycles. The maximum atomic E-state index is 12.7. The topological polar surface area (TPSA) is 91.6 Å². The van der Waals surface area contributed by atoms with Crippen molar-refractivity contribution in [3.63, 3.8) is 0 Å². The van der Waals surface area contributed by atoms with Crippen molar-refractivity contribution in [2.24, 2.45) is 5.84 Å². The number of pyridine rings is 1. The largest absolute Gasteiger partial charge is 0.307 e. The number of nitrogens with zero attached hydrogens (tertiary/aromatic N) is 3. The number of hydrogen-bond acceptors (Lipinski definition) is 6. The molecule has 0 unspecified atom stereocenters. The van der Waals surface area contributed by atoms with Gasteiger partial charge in [-0.05, 0) is 45.1 Å². The van der Waals surface area contributed by atoms with Crippen molar-refractivity contribution in [2.45, 2.75) is 23.8 Å². The highest BCUT2D eigenvalue weighted by Gasteiger charge is 2.31. The summed E-state index contributed by atoms with van der Waals surface area (Å²) in [6, 6.07) is 3.13. The third-order valence-corrected chi connectivity index (χ3v) is 5.71. The van der Waals surface area contributed by atoms with Crippen LogP contribution in [0.25, 0.3) is 0 Å². The highest BCUT2D eigenvalue weighted by molar-refractivity contribution is 7.89. The standard InChI is InChI=1S/C12H21N5O2S/c1-16-8-5-10(6-9-16)17(2)20(18,19)11-4-3-7-14-12(11)15-13/h3-4,7,10H,5-6,8-9,13H2,1-2H3,(H,14,15). The van der Waals surface area contributed by atoms with Gasteiger partial charge in [-0.3, -0.25) is 0 Å². The van der Waals surface area contributed by atoms with Gasteiger partial charge in [0.25, 0.3) is 0 Å². The Balaban J connectivity index is 2.25. The number of piperidine rings is 1. The molecule has 112 valence electrons. The van der Waals surface area contributed by atoms with Crippen molar-refractivity contribution in [3.8, 4) is 0 Å². The first-order valence-corrected chi connectivity index (χ1v) is 7.99. The molecule has 0 spiro atoms. The molecule has 1 saturated heterocycles. The highest BCUT2D eigenvalue weighted by atomic mass is 32.2. The number of rotatable bonds is 4. The molecule has 3 N–H and O–H groups in total. The van der Waals surface area contributed by atoms with Gasteiger partial charge in [0.2, 0.25) is 10.0 Å². The predicted molar refractivity (Wildman–Crippen MR) is 77.5 cm³/mol. The minimum Gasteiger partial charge on any atom is -0.307 e. The fourth-order valence-electron chi connectivity index (χ4n) is 2.42. The Hall–Kier alpha value is -1.22. The van der Waals surface area contributed by atoms with Crippen LogP contribution in [0, 0.1) is 0 Å². The van der Waals surface area contributed by atoms with Crippen LogP contribution in [0.2, 0.25) is 0 Å². The Morgan fingerprint density at radius 3 is 2.70 bits per heavy atom. The van der Waals surface area contributed by atoms with E-state index in [2.05, 4.69) is 15.3 Å². The third kappa shape index (κ3) is 2.93. The molecule has 0 radical (unpaired) electrons. The van der Waals surface area contributed by atoms with Crippen molar-refractivity contribution >= 4 is 15.8 Å². The molecule has 0 saturated carbocycles. The molecule has 1 aromatic heterocycles. The van der Waals surface area contributed by atoms with Crippen LogP contribution in [0.15, 0.2) is 23.2 Å². The Morgan fingerprint density at radius 1 is 1.45 bits per heavy atom. The van der Waals surface area contributed by atoms with Crippen LogP contribution in [-0.4, -0.2) is 55.8 Å². The zero-order valence-electron chi connectivity index (χ0n) is 11.8. The van der Waals surface area contributed by atoms with Gasteiger partial charge >= 0.3 is 0 Å². The van der Waals surface area contributed by atoms with Gasteiger partial charge in [0, 0.05) is 19.3 Å². The third-order valence-electron chi connectivity index (χ3n) is 3.77. The van der Waals surface area contributed by atoms with Crippen molar-refractivity contribution in [3.05, 3.63) is 18.3 Å². The van der Waals surface area contributed by atoms with Crippen LogP contribution in [0.5, 0.6) is 0 Å². The second kappa shape index (κ2) is 6.04. The van der Waals surface area contributed by atoms with Crippen molar-refractivity contribution in [1.29, 1.82) is 0 Å². The van der Waals surface area contributed by atoms with Crippen LogP contribution < -0.4 is 11.3 Å². The van der Waals surface area contributed by atoms with E-state index < -0.39 is 10.0 Å². The molecule has 7 nitrogen and oxygen atoms in total. The number of anilines is 1. The second-order valence-corrected chi connectivity index (χ2v) is 7.02. The fraction of sp³-hybridized carbons (Fsp3) is 0.583. The summed E-state index contributed by atoms with van der Waals surface area (Å²) in [5, 5.41) is 0. The zero-order valence-corrected chi connectivity index (χ0v) is 12.6. The lowest BCUT2D eigenvalue weighted by molar-refractivity contribution is 0.197. The lowest BCUT2D eigenvalue weighted by atomic mass is 10.1. The molecule has 2 rings (SSSR count). The van der Waals surface area contributed by atoms with Crippen LogP contribution in [0.3, 0.4) is 0 Å². The molecule has 2 heterocycles. The number of sulfonamides is 1. The van der Waals surface area contributed by atoms with Crippen LogP contribution in [-0.2, 0) is 10.0 Å². The van der Waals surface area contributed by atoms with E-state index in [1.165, 1.54) is 16.6 Å². The zero-order chi connectivity index (χ0) is 14.8. The van der Waals surface area contributed by atoms with E-state index in [1.807, 2.05) is 7.05 Å². The van der Waals surface area contributed by atoms with E-state index in [4.69, 9.17) is 5.84 Å². The Bertz CT molecular complexity index is 555. The number of hydrazine groups is 1. The summed E-state index contributed by atoms with van der Waals surface area (Å²) in [7, 11) is 0.0785. The molecule has 8 heteroatoms. The Kier molecular flexibility index (Phi) is 4.59. The molecule has 1 aliphatic heterocycles. The average Bonchev–Trinajstić information content (AvgIpc) is 2.47. The molecule has 20 heavy (non-hydrogen) atoms. The Morgan fingerprint density at radius 2 is 2.10 bits per heavy atom. The Labute approximate surface area is 119 Å². The van der Waals surface area contributed by atoms with E-state index >= 15 is 0 Å². The van der Waals surface area contributed by atoms with Crippen molar-refractivity contribution < 1.29 is 8.42 Å². The summed E-state index contributed by atoms with van der Waals surface area (Å²) >= 11 is 0. The highest BCUT2D eigenvalue weighted by Crippen LogP contribution is 2.25. The molecule has 0 amide bonds. The predicted octanol–water partition coefficient (Wildman–Crippen LogP) is 0.0819. The number of nitrogen functional groups attached to an aromatic ring is 1. The lowest BCUT2D eigenvalue weighted by Gasteiger charge is -2.34. The maximum Gasteiger partial charge on any atom is 0.246 e. The van der Waals surface area contributed by atoms with Gasteiger partial charge in [-0.25, -0.2) is 19.2 Å².